The molecule has 1 aliphatic carbocycles. The Morgan fingerprint density at radius 2 is 2.00 bits per heavy atom. The second-order valence-electron chi connectivity index (χ2n) is 4.81. The minimum Gasteiger partial charge on any atom is -0.496 e. The van der Waals surface area contributed by atoms with Gasteiger partial charge >= 0.3 is 0 Å². The standard InChI is InChI=1S/C14H21NO2/c1-17-13-7-3-2-6-12(13)10-15-14(11-16)8-4-5-9-14/h2-3,6-7,15-16H,4-5,8-11H2,1H3. The van der Waals surface area contributed by atoms with E-state index in [1.807, 2.05) is 18.2 Å². The van der Waals surface area contributed by atoms with Crippen molar-refractivity contribution in [3.05, 3.63) is 29.8 Å². The fraction of sp³-hybridized carbons (Fsp3) is 0.571. The average molecular weight is 235 g/mol. The van der Waals surface area contributed by atoms with Crippen LogP contribution in [0.3, 0.4) is 0 Å². The molecule has 3 nitrogen and oxygen atoms in total. The van der Waals surface area contributed by atoms with E-state index in [4.69, 9.17) is 4.74 Å². The van der Waals surface area contributed by atoms with Gasteiger partial charge in [0.05, 0.1) is 13.7 Å². The summed E-state index contributed by atoms with van der Waals surface area (Å²) in [5.74, 6) is 0.908. The first-order valence-electron chi connectivity index (χ1n) is 6.27. The Labute approximate surface area is 103 Å². The van der Waals surface area contributed by atoms with Crippen LogP contribution in [0.4, 0.5) is 0 Å². The van der Waals surface area contributed by atoms with Gasteiger partial charge in [0, 0.05) is 17.6 Å². The minimum atomic E-state index is -0.0686. The highest BCUT2D eigenvalue weighted by Crippen LogP contribution is 2.30. The van der Waals surface area contributed by atoms with Gasteiger partial charge in [0.1, 0.15) is 5.75 Å². The quantitative estimate of drug-likeness (QED) is 0.821. The second-order valence-corrected chi connectivity index (χ2v) is 4.81. The molecule has 0 saturated heterocycles. The van der Waals surface area contributed by atoms with Gasteiger partial charge in [-0.25, -0.2) is 0 Å². The number of hydrogen-bond acceptors (Lipinski definition) is 3. The van der Waals surface area contributed by atoms with Gasteiger partial charge in [-0.15, -0.1) is 0 Å². The van der Waals surface area contributed by atoms with Crippen molar-refractivity contribution < 1.29 is 9.84 Å². The summed E-state index contributed by atoms with van der Waals surface area (Å²) >= 11 is 0. The normalized spacial score (nSPS) is 18.2. The van der Waals surface area contributed by atoms with E-state index in [0.717, 1.165) is 30.7 Å². The van der Waals surface area contributed by atoms with E-state index in [0.29, 0.717) is 0 Å². The van der Waals surface area contributed by atoms with Crippen LogP contribution in [0, 0.1) is 0 Å². The number of ether oxygens (including phenoxy) is 1. The van der Waals surface area contributed by atoms with E-state index in [2.05, 4.69) is 11.4 Å². The fourth-order valence-electron chi connectivity index (χ4n) is 2.57. The van der Waals surface area contributed by atoms with Crippen molar-refractivity contribution in [2.45, 2.75) is 37.8 Å². The predicted molar refractivity (Wildman–Crippen MR) is 68.1 cm³/mol. The molecule has 0 bridgehead atoms. The molecule has 94 valence electrons. The first kappa shape index (κ1) is 12.4. The molecule has 3 heteroatoms. The lowest BCUT2D eigenvalue weighted by molar-refractivity contribution is 0.162. The number of benzene rings is 1. The van der Waals surface area contributed by atoms with Gasteiger partial charge in [0.2, 0.25) is 0 Å². The molecule has 1 fully saturated rings. The third-order valence-electron chi connectivity index (χ3n) is 3.71. The summed E-state index contributed by atoms with van der Waals surface area (Å²) in [6, 6.07) is 8.02. The van der Waals surface area contributed by atoms with Crippen LogP contribution in [0.5, 0.6) is 5.75 Å². The number of aliphatic hydroxyl groups is 1. The summed E-state index contributed by atoms with van der Waals surface area (Å²) in [5.41, 5.74) is 1.08. The molecule has 0 heterocycles. The first-order chi connectivity index (χ1) is 8.29. The van der Waals surface area contributed by atoms with Gasteiger partial charge in [0.25, 0.3) is 0 Å². The Hall–Kier alpha value is -1.06. The molecule has 0 radical (unpaired) electrons. The summed E-state index contributed by atoms with van der Waals surface area (Å²) in [4.78, 5) is 0. The van der Waals surface area contributed by atoms with Gasteiger partial charge in [-0.2, -0.15) is 0 Å². The zero-order valence-electron chi connectivity index (χ0n) is 10.4. The van der Waals surface area contributed by atoms with Crippen LogP contribution in [0.25, 0.3) is 0 Å². The molecule has 0 spiro atoms. The molecule has 1 saturated carbocycles. The topological polar surface area (TPSA) is 41.5 Å². The molecular weight excluding hydrogens is 214 g/mol. The maximum absolute atomic E-state index is 9.53. The molecule has 1 aromatic carbocycles. The Bertz CT molecular complexity index is 359. The summed E-state index contributed by atoms with van der Waals surface area (Å²) in [6.07, 6.45) is 4.55. The molecule has 1 aliphatic rings. The number of aliphatic hydroxyl groups excluding tert-OH is 1. The largest absolute Gasteiger partial charge is 0.496 e. The van der Waals surface area contributed by atoms with Crippen molar-refractivity contribution in [2.24, 2.45) is 0 Å². The van der Waals surface area contributed by atoms with Gasteiger partial charge < -0.3 is 15.2 Å². The van der Waals surface area contributed by atoms with Crippen molar-refractivity contribution in [3.63, 3.8) is 0 Å². The van der Waals surface area contributed by atoms with Crippen LogP contribution in [-0.2, 0) is 6.54 Å². The maximum atomic E-state index is 9.53. The molecule has 0 aromatic heterocycles. The highest BCUT2D eigenvalue weighted by Gasteiger charge is 2.32. The second kappa shape index (κ2) is 5.52. The van der Waals surface area contributed by atoms with E-state index < -0.39 is 0 Å². The smallest absolute Gasteiger partial charge is 0.123 e. The minimum absolute atomic E-state index is 0.0686. The Morgan fingerprint density at radius 1 is 1.29 bits per heavy atom. The van der Waals surface area contributed by atoms with Crippen LogP contribution < -0.4 is 10.1 Å². The van der Waals surface area contributed by atoms with Crippen LogP contribution in [-0.4, -0.2) is 24.4 Å². The van der Waals surface area contributed by atoms with E-state index in [-0.39, 0.29) is 12.1 Å². The van der Waals surface area contributed by atoms with E-state index >= 15 is 0 Å². The number of para-hydroxylation sites is 1. The lowest BCUT2D eigenvalue weighted by Crippen LogP contribution is -2.45. The highest BCUT2D eigenvalue weighted by molar-refractivity contribution is 5.33. The molecule has 0 atom stereocenters. The van der Waals surface area contributed by atoms with E-state index in [1.165, 1.54) is 12.8 Å². The first-order valence-corrected chi connectivity index (χ1v) is 6.27. The Balaban J connectivity index is 2.01. The van der Waals surface area contributed by atoms with Gasteiger partial charge in [-0.1, -0.05) is 31.0 Å². The van der Waals surface area contributed by atoms with Crippen molar-refractivity contribution >= 4 is 0 Å². The molecule has 2 N–H and O–H groups in total. The van der Waals surface area contributed by atoms with Gasteiger partial charge in [-0.05, 0) is 18.9 Å². The van der Waals surface area contributed by atoms with Gasteiger partial charge in [0.15, 0.2) is 0 Å². The van der Waals surface area contributed by atoms with E-state index in [9.17, 15) is 5.11 Å². The molecule has 0 unspecified atom stereocenters. The summed E-state index contributed by atoms with van der Waals surface area (Å²) < 4.78 is 5.32. The Kier molecular flexibility index (Phi) is 4.02. The summed E-state index contributed by atoms with van der Waals surface area (Å²) in [7, 11) is 1.69. The third kappa shape index (κ3) is 2.79. The van der Waals surface area contributed by atoms with Crippen molar-refractivity contribution in [1.29, 1.82) is 0 Å². The van der Waals surface area contributed by atoms with Crippen molar-refractivity contribution in [1.82, 2.24) is 5.32 Å². The van der Waals surface area contributed by atoms with Crippen molar-refractivity contribution in [3.8, 4) is 5.75 Å². The molecular formula is C14H21NO2. The number of hydrogen-bond donors (Lipinski definition) is 2. The molecule has 0 aliphatic heterocycles. The van der Waals surface area contributed by atoms with Crippen LogP contribution in [0.2, 0.25) is 0 Å². The van der Waals surface area contributed by atoms with E-state index in [1.54, 1.807) is 7.11 Å². The molecule has 17 heavy (non-hydrogen) atoms. The lowest BCUT2D eigenvalue weighted by atomic mass is 9.98. The number of methoxy groups -OCH3 is 1. The lowest BCUT2D eigenvalue weighted by Gasteiger charge is -2.28. The monoisotopic (exact) mass is 235 g/mol. The number of nitrogens with one attached hydrogen (secondary N) is 1. The van der Waals surface area contributed by atoms with Crippen LogP contribution in [0.15, 0.2) is 24.3 Å². The van der Waals surface area contributed by atoms with Crippen molar-refractivity contribution in [2.75, 3.05) is 13.7 Å². The highest BCUT2D eigenvalue weighted by atomic mass is 16.5. The average Bonchev–Trinajstić information content (AvgIpc) is 2.86. The summed E-state index contributed by atoms with van der Waals surface area (Å²) in [5, 5.41) is 13.0. The molecule has 1 aromatic rings. The fourth-order valence-corrected chi connectivity index (χ4v) is 2.57. The maximum Gasteiger partial charge on any atom is 0.123 e. The van der Waals surface area contributed by atoms with Crippen LogP contribution in [0.1, 0.15) is 31.2 Å². The predicted octanol–water partition coefficient (Wildman–Crippen LogP) is 2.09. The molecule has 0 amide bonds. The third-order valence-corrected chi connectivity index (χ3v) is 3.71. The Morgan fingerprint density at radius 3 is 2.65 bits per heavy atom. The zero-order valence-corrected chi connectivity index (χ0v) is 10.4. The van der Waals surface area contributed by atoms with Gasteiger partial charge in [-0.3, -0.25) is 0 Å². The van der Waals surface area contributed by atoms with Crippen LogP contribution >= 0.6 is 0 Å². The number of rotatable bonds is 5. The zero-order chi connectivity index (χ0) is 12.1. The molecule has 2 rings (SSSR count). The summed E-state index contributed by atoms with van der Waals surface area (Å²) in [6.45, 7) is 0.979. The SMILES string of the molecule is COc1ccccc1CNC1(CO)CCCC1.